The highest BCUT2D eigenvalue weighted by atomic mass is 16.6. The third-order valence-electron chi connectivity index (χ3n) is 4.30. The number of hydrogen-bond donors (Lipinski definition) is 3. The molecule has 23 heavy (non-hydrogen) atoms. The van der Waals surface area contributed by atoms with Gasteiger partial charge < -0.3 is 20.1 Å². The molecule has 3 aromatic heterocycles. The molecular weight excluding hydrogens is 300 g/mol. The van der Waals surface area contributed by atoms with E-state index in [-0.39, 0.29) is 6.61 Å². The van der Waals surface area contributed by atoms with Gasteiger partial charge in [-0.1, -0.05) is 0 Å². The summed E-state index contributed by atoms with van der Waals surface area (Å²) in [5.41, 5.74) is 2.77. The summed E-state index contributed by atoms with van der Waals surface area (Å²) in [5, 5.41) is 30.5. The lowest BCUT2D eigenvalue weighted by Crippen LogP contribution is -2.33. The predicted molar refractivity (Wildman–Crippen MR) is 80.6 cm³/mol. The first-order chi connectivity index (χ1) is 11.1. The van der Waals surface area contributed by atoms with Gasteiger partial charge in [-0.25, -0.2) is 9.97 Å². The van der Waals surface area contributed by atoms with Crippen LogP contribution in [0.1, 0.15) is 11.9 Å². The van der Waals surface area contributed by atoms with Gasteiger partial charge in [0.05, 0.1) is 28.7 Å². The number of aromatic nitrogens is 4. The van der Waals surface area contributed by atoms with E-state index in [1.807, 2.05) is 13.0 Å². The van der Waals surface area contributed by atoms with Crippen molar-refractivity contribution in [3.8, 4) is 0 Å². The Kier molecular flexibility index (Phi) is 3.27. The monoisotopic (exact) mass is 316 g/mol. The molecule has 8 heteroatoms. The topological polar surface area (TPSA) is 114 Å². The number of aliphatic hydroxyl groups is 3. The number of aliphatic hydroxyl groups excluding tert-OH is 3. The van der Waals surface area contributed by atoms with Crippen molar-refractivity contribution in [3.05, 3.63) is 30.4 Å². The highest BCUT2D eigenvalue weighted by Crippen LogP contribution is 2.36. The van der Waals surface area contributed by atoms with Crippen LogP contribution in [0, 0.1) is 6.92 Å². The molecule has 0 aliphatic carbocycles. The Hall–Kier alpha value is -2.13. The Morgan fingerprint density at radius 2 is 2.04 bits per heavy atom. The summed E-state index contributed by atoms with van der Waals surface area (Å²) in [4.78, 5) is 12.9. The molecule has 0 aromatic carbocycles. The second kappa shape index (κ2) is 5.20. The van der Waals surface area contributed by atoms with E-state index < -0.39 is 24.5 Å². The summed E-state index contributed by atoms with van der Waals surface area (Å²) in [6, 6.07) is 3.62. The number of nitrogens with zero attached hydrogens (tertiary/aromatic N) is 4. The molecule has 4 heterocycles. The van der Waals surface area contributed by atoms with Crippen molar-refractivity contribution >= 4 is 22.1 Å². The number of rotatable bonds is 2. The average Bonchev–Trinajstić information content (AvgIpc) is 3.04. The van der Waals surface area contributed by atoms with Crippen LogP contribution in [0.3, 0.4) is 0 Å². The molecule has 4 rings (SSSR count). The fourth-order valence-electron chi connectivity index (χ4n) is 3.17. The molecule has 1 saturated heterocycles. The van der Waals surface area contributed by atoms with Crippen LogP contribution in [0.5, 0.6) is 0 Å². The van der Waals surface area contributed by atoms with E-state index in [1.165, 1.54) is 6.33 Å². The van der Waals surface area contributed by atoms with Crippen molar-refractivity contribution in [2.45, 2.75) is 31.5 Å². The van der Waals surface area contributed by atoms with E-state index in [1.54, 1.807) is 16.8 Å². The van der Waals surface area contributed by atoms with E-state index in [4.69, 9.17) is 4.74 Å². The number of hydrogen-bond acceptors (Lipinski definition) is 7. The van der Waals surface area contributed by atoms with Crippen molar-refractivity contribution < 1.29 is 20.1 Å². The van der Waals surface area contributed by atoms with Gasteiger partial charge in [-0.15, -0.1) is 0 Å². The van der Waals surface area contributed by atoms with Crippen LogP contribution < -0.4 is 0 Å². The van der Waals surface area contributed by atoms with E-state index in [9.17, 15) is 15.3 Å². The molecule has 0 saturated carbocycles. The second-order valence-corrected chi connectivity index (χ2v) is 5.63. The van der Waals surface area contributed by atoms with Gasteiger partial charge in [-0.05, 0) is 19.1 Å². The summed E-state index contributed by atoms with van der Waals surface area (Å²) in [6.07, 6.45) is -0.939. The van der Waals surface area contributed by atoms with Crippen molar-refractivity contribution in [3.63, 3.8) is 0 Å². The first-order valence-electron chi connectivity index (χ1n) is 7.32. The minimum absolute atomic E-state index is 0.377. The molecule has 0 amide bonds. The molecule has 8 nitrogen and oxygen atoms in total. The van der Waals surface area contributed by atoms with Crippen LogP contribution in [0.25, 0.3) is 22.1 Å². The fourth-order valence-corrected chi connectivity index (χ4v) is 3.17. The quantitative estimate of drug-likeness (QED) is 0.605. The molecule has 1 fully saturated rings. The van der Waals surface area contributed by atoms with Gasteiger partial charge in [0.25, 0.3) is 0 Å². The molecule has 0 unspecified atom stereocenters. The highest BCUT2D eigenvalue weighted by molar-refractivity contribution is 6.05. The van der Waals surface area contributed by atoms with Gasteiger partial charge in [0.15, 0.2) is 6.23 Å². The first kappa shape index (κ1) is 14.5. The molecule has 0 bridgehead atoms. The Morgan fingerprint density at radius 1 is 1.22 bits per heavy atom. The van der Waals surface area contributed by atoms with Gasteiger partial charge in [0.1, 0.15) is 30.3 Å². The molecule has 4 atom stereocenters. The largest absolute Gasteiger partial charge is 0.394 e. The number of fused-ring (bicyclic) bond motifs is 3. The number of ether oxygens (including phenoxy) is 1. The van der Waals surface area contributed by atoms with Gasteiger partial charge in [0, 0.05) is 6.20 Å². The molecule has 1 aliphatic heterocycles. The van der Waals surface area contributed by atoms with Crippen LogP contribution in [-0.4, -0.2) is 59.8 Å². The SMILES string of the molecule is Cc1ncnc2c1c1ncccc1n2[C@@H]1O[C@H](CO)[C@@H](O)[C@H]1O. The smallest absolute Gasteiger partial charge is 0.165 e. The zero-order valence-electron chi connectivity index (χ0n) is 12.4. The highest BCUT2D eigenvalue weighted by Gasteiger charge is 2.44. The first-order valence-corrected chi connectivity index (χ1v) is 7.32. The normalized spacial score (nSPS) is 28.0. The predicted octanol–water partition coefficient (Wildman–Crippen LogP) is -0.101. The summed E-state index contributed by atoms with van der Waals surface area (Å²) >= 11 is 0. The third-order valence-corrected chi connectivity index (χ3v) is 4.30. The maximum Gasteiger partial charge on any atom is 0.165 e. The van der Waals surface area contributed by atoms with Crippen LogP contribution in [0.2, 0.25) is 0 Å². The van der Waals surface area contributed by atoms with Crippen molar-refractivity contribution in [1.82, 2.24) is 19.5 Å². The average molecular weight is 316 g/mol. The molecule has 120 valence electrons. The Labute approximate surface area is 131 Å². The molecular formula is C15H16N4O4. The second-order valence-electron chi connectivity index (χ2n) is 5.63. The summed E-state index contributed by atoms with van der Waals surface area (Å²) in [5.74, 6) is 0. The minimum atomic E-state index is -1.18. The van der Waals surface area contributed by atoms with Crippen LogP contribution in [0.15, 0.2) is 24.7 Å². The standard InChI is InChI=1S/C15H16N4O4/c1-7-10-11-8(3-2-4-16-11)19(14(10)18-6-17-7)15-13(22)12(21)9(5-20)23-15/h2-4,6,9,12-13,15,20-22H,5H2,1H3/t9-,12-,13-,15-/m1/s1. The lowest BCUT2D eigenvalue weighted by molar-refractivity contribution is -0.0489. The number of pyridine rings is 1. The molecule has 0 radical (unpaired) electrons. The molecule has 3 aromatic rings. The van der Waals surface area contributed by atoms with Gasteiger partial charge in [0.2, 0.25) is 0 Å². The lowest BCUT2D eigenvalue weighted by atomic mass is 10.1. The fraction of sp³-hybridized carbons (Fsp3) is 0.400. The molecule has 3 N–H and O–H groups in total. The zero-order valence-corrected chi connectivity index (χ0v) is 12.4. The molecule has 0 spiro atoms. The van der Waals surface area contributed by atoms with E-state index >= 15 is 0 Å². The maximum absolute atomic E-state index is 10.3. The van der Waals surface area contributed by atoms with Crippen LogP contribution >= 0.6 is 0 Å². The van der Waals surface area contributed by atoms with E-state index in [0.717, 1.165) is 16.6 Å². The van der Waals surface area contributed by atoms with Gasteiger partial charge in [-0.3, -0.25) is 9.55 Å². The zero-order chi connectivity index (χ0) is 16.1. The summed E-state index contributed by atoms with van der Waals surface area (Å²) < 4.78 is 7.36. The third kappa shape index (κ3) is 1.96. The van der Waals surface area contributed by atoms with Crippen molar-refractivity contribution in [1.29, 1.82) is 0 Å². The maximum atomic E-state index is 10.3. The summed E-state index contributed by atoms with van der Waals surface area (Å²) in [7, 11) is 0. The van der Waals surface area contributed by atoms with Gasteiger partial charge >= 0.3 is 0 Å². The van der Waals surface area contributed by atoms with E-state index in [2.05, 4.69) is 15.0 Å². The van der Waals surface area contributed by atoms with E-state index in [0.29, 0.717) is 11.2 Å². The molecule has 1 aliphatic rings. The van der Waals surface area contributed by atoms with Gasteiger partial charge in [-0.2, -0.15) is 0 Å². The lowest BCUT2D eigenvalue weighted by Gasteiger charge is -2.18. The Bertz CT molecular complexity index is 880. The number of aryl methyl sites for hydroxylation is 1. The van der Waals surface area contributed by atoms with Crippen molar-refractivity contribution in [2.75, 3.05) is 6.61 Å². The Morgan fingerprint density at radius 3 is 2.78 bits per heavy atom. The van der Waals surface area contributed by atoms with Crippen LogP contribution in [0.4, 0.5) is 0 Å². The van der Waals surface area contributed by atoms with Crippen LogP contribution in [-0.2, 0) is 4.74 Å². The summed E-state index contributed by atoms with van der Waals surface area (Å²) in [6.45, 7) is 1.48. The minimum Gasteiger partial charge on any atom is -0.394 e. The Balaban J connectivity index is 2.01. The van der Waals surface area contributed by atoms with Crippen molar-refractivity contribution in [2.24, 2.45) is 0 Å².